The quantitative estimate of drug-likeness (QED) is 0.849. The summed E-state index contributed by atoms with van der Waals surface area (Å²) in [7, 11) is 5.17. The number of methoxy groups -OCH3 is 2. The number of hydrogen-bond acceptors (Lipinski definition) is 5. The van der Waals surface area contributed by atoms with Crippen LogP contribution in [0.1, 0.15) is 10.4 Å². The summed E-state index contributed by atoms with van der Waals surface area (Å²) in [6, 6.07) is 10.8. The third-order valence-corrected chi connectivity index (χ3v) is 4.93. The molecule has 1 fully saturated rings. The zero-order valence-electron chi connectivity index (χ0n) is 15.8. The van der Waals surface area contributed by atoms with Crippen molar-refractivity contribution in [1.29, 1.82) is 0 Å². The second-order valence-electron chi connectivity index (χ2n) is 6.45. The average Bonchev–Trinajstić information content (AvgIpc) is 2.68. The van der Waals surface area contributed by atoms with Crippen LogP contribution in [0.2, 0.25) is 5.02 Å². The molecular weight excluding hydrogens is 366 g/mol. The molecule has 0 atom stereocenters. The molecule has 3 rings (SSSR count). The van der Waals surface area contributed by atoms with Crippen molar-refractivity contribution in [1.82, 2.24) is 4.90 Å². The molecule has 27 heavy (non-hydrogen) atoms. The minimum atomic E-state index is -0.275. The number of nitrogens with zero attached hydrogens (tertiary/aromatic N) is 2. The number of rotatable bonds is 5. The van der Waals surface area contributed by atoms with Crippen molar-refractivity contribution < 1.29 is 14.3 Å². The molecule has 0 unspecified atom stereocenters. The number of piperazine rings is 1. The number of nitrogens with one attached hydrogen (secondary N) is 1. The zero-order chi connectivity index (χ0) is 19.4. The number of likely N-dealkylation sites (N-methyl/N-ethyl adjacent to an activating group) is 1. The molecule has 0 saturated carbocycles. The monoisotopic (exact) mass is 389 g/mol. The van der Waals surface area contributed by atoms with Crippen molar-refractivity contribution in [2.75, 3.05) is 57.7 Å². The molecule has 1 aliphatic heterocycles. The van der Waals surface area contributed by atoms with Gasteiger partial charge in [0.1, 0.15) is 0 Å². The van der Waals surface area contributed by atoms with Crippen molar-refractivity contribution in [2.45, 2.75) is 0 Å². The molecule has 0 spiro atoms. The van der Waals surface area contributed by atoms with E-state index in [1.54, 1.807) is 31.4 Å². The number of carbonyl (C=O) groups excluding carboxylic acids is 1. The summed E-state index contributed by atoms with van der Waals surface area (Å²) in [4.78, 5) is 17.5. The summed E-state index contributed by atoms with van der Waals surface area (Å²) < 4.78 is 10.7. The maximum atomic E-state index is 12.9. The number of ether oxygens (including phenoxy) is 2. The number of benzene rings is 2. The summed E-state index contributed by atoms with van der Waals surface area (Å²) in [5.74, 6) is 0.639. The van der Waals surface area contributed by atoms with Crippen molar-refractivity contribution in [3.8, 4) is 11.5 Å². The Balaban J connectivity index is 1.89. The van der Waals surface area contributed by atoms with E-state index in [0.29, 0.717) is 27.8 Å². The molecule has 0 radical (unpaired) electrons. The van der Waals surface area contributed by atoms with Crippen molar-refractivity contribution in [2.24, 2.45) is 0 Å². The van der Waals surface area contributed by atoms with Gasteiger partial charge in [0.2, 0.25) is 0 Å². The fourth-order valence-electron chi connectivity index (χ4n) is 3.19. The lowest BCUT2D eigenvalue weighted by atomic mass is 10.1. The lowest BCUT2D eigenvalue weighted by Crippen LogP contribution is -2.44. The highest BCUT2D eigenvalue weighted by Crippen LogP contribution is 2.34. The normalized spacial score (nSPS) is 14.7. The smallest absolute Gasteiger partial charge is 0.259 e. The Morgan fingerprint density at radius 3 is 2.48 bits per heavy atom. The van der Waals surface area contributed by atoms with E-state index in [2.05, 4.69) is 22.2 Å². The lowest BCUT2D eigenvalue weighted by Gasteiger charge is -2.35. The molecular formula is C20H24ClN3O3. The van der Waals surface area contributed by atoms with Crippen LogP contribution in [0.25, 0.3) is 0 Å². The van der Waals surface area contributed by atoms with E-state index in [0.717, 1.165) is 31.9 Å². The van der Waals surface area contributed by atoms with Gasteiger partial charge < -0.3 is 24.6 Å². The van der Waals surface area contributed by atoms with Crippen LogP contribution in [0.5, 0.6) is 11.5 Å². The number of anilines is 2. The summed E-state index contributed by atoms with van der Waals surface area (Å²) in [6.07, 6.45) is 0. The van der Waals surface area contributed by atoms with Gasteiger partial charge in [-0.2, -0.15) is 0 Å². The summed E-state index contributed by atoms with van der Waals surface area (Å²) >= 11 is 6.19. The van der Waals surface area contributed by atoms with Gasteiger partial charge in [0.05, 0.1) is 31.2 Å². The van der Waals surface area contributed by atoms with Crippen LogP contribution in [-0.4, -0.2) is 58.3 Å². The molecule has 1 aliphatic rings. The third-order valence-electron chi connectivity index (χ3n) is 4.70. The Kier molecular flexibility index (Phi) is 6.08. The summed E-state index contributed by atoms with van der Waals surface area (Å²) in [6.45, 7) is 3.73. The van der Waals surface area contributed by atoms with Crippen LogP contribution >= 0.6 is 11.6 Å². The first kappa shape index (κ1) is 19.3. The van der Waals surface area contributed by atoms with Gasteiger partial charge in [-0.05, 0) is 37.4 Å². The Labute approximate surface area is 164 Å². The van der Waals surface area contributed by atoms with Crippen molar-refractivity contribution >= 4 is 28.9 Å². The largest absolute Gasteiger partial charge is 0.493 e. The number of para-hydroxylation sites is 1. The lowest BCUT2D eigenvalue weighted by molar-refractivity contribution is 0.102. The molecule has 144 valence electrons. The minimum Gasteiger partial charge on any atom is -0.493 e. The molecule has 1 amide bonds. The van der Waals surface area contributed by atoms with Gasteiger partial charge in [-0.3, -0.25) is 4.79 Å². The van der Waals surface area contributed by atoms with E-state index in [4.69, 9.17) is 21.1 Å². The first-order valence-electron chi connectivity index (χ1n) is 8.79. The van der Waals surface area contributed by atoms with Gasteiger partial charge in [0, 0.05) is 31.2 Å². The van der Waals surface area contributed by atoms with E-state index < -0.39 is 0 Å². The Morgan fingerprint density at radius 1 is 1.07 bits per heavy atom. The third kappa shape index (κ3) is 4.28. The zero-order valence-corrected chi connectivity index (χ0v) is 16.5. The summed E-state index contributed by atoms with van der Waals surface area (Å²) in [5, 5.41) is 3.56. The number of halogens is 1. The second kappa shape index (κ2) is 8.50. The topological polar surface area (TPSA) is 54.0 Å². The van der Waals surface area contributed by atoms with Crippen LogP contribution in [-0.2, 0) is 0 Å². The molecule has 0 aromatic heterocycles. The minimum absolute atomic E-state index is 0.275. The molecule has 1 N–H and O–H groups in total. The SMILES string of the molecule is COc1cccc(C(=O)Nc2cc(Cl)ccc2N2CCN(C)CC2)c1OC. The molecule has 0 aliphatic carbocycles. The van der Waals surface area contributed by atoms with Gasteiger partial charge in [-0.15, -0.1) is 0 Å². The molecule has 1 heterocycles. The molecule has 2 aromatic rings. The van der Waals surface area contributed by atoms with Gasteiger partial charge in [0.15, 0.2) is 11.5 Å². The highest BCUT2D eigenvalue weighted by Gasteiger charge is 2.21. The van der Waals surface area contributed by atoms with Crippen LogP contribution < -0.4 is 19.7 Å². The molecule has 6 nitrogen and oxygen atoms in total. The van der Waals surface area contributed by atoms with E-state index >= 15 is 0 Å². The predicted molar refractivity (Wildman–Crippen MR) is 109 cm³/mol. The van der Waals surface area contributed by atoms with Gasteiger partial charge in [-0.25, -0.2) is 0 Å². The van der Waals surface area contributed by atoms with E-state index in [1.165, 1.54) is 7.11 Å². The van der Waals surface area contributed by atoms with Crippen LogP contribution in [0, 0.1) is 0 Å². The number of hydrogen-bond donors (Lipinski definition) is 1. The first-order valence-corrected chi connectivity index (χ1v) is 9.16. The Morgan fingerprint density at radius 2 is 1.81 bits per heavy atom. The highest BCUT2D eigenvalue weighted by molar-refractivity contribution is 6.31. The second-order valence-corrected chi connectivity index (χ2v) is 6.88. The van der Waals surface area contributed by atoms with Gasteiger partial charge >= 0.3 is 0 Å². The van der Waals surface area contributed by atoms with E-state index in [9.17, 15) is 4.79 Å². The molecule has 2 aromatic carbocycles. The predicted octanol–water partition coefficient (Wildman–Crippen LogP) is 3.36. The maximum Gasteiger partial charge on any atom is 0.259 e. The van der Waals surface area contributed by atoms with Crippen LogP contribution in [0.15, 0.2) is 36.4 Å². The maximum absolute atomic E-state index is 12.9. The van der Waals surface area contributed by atoms with Gasteiger partial charge in [-0.1, -0.05) is 17.7 Å². The molecule has 1 saturated heterocycles. The van der Waals surface area contributed by atoms with E-state index in [1.807, 2.05) is 12.1 Å². The van der Waals surface area contributed by atoms with Crippen LogP contribution in [0.4, 0.5) is 11.4 Å². The number of amides is 1. The number of carbonyl (C=O) groups is 1. The Hall–Kier alpha value is -2.44. The molecule has 7 heteroatoms. The highest BCUT2D eigenvalue weighted by atomic mass is 35.5. The Bertz CT molecular complexity index is 820. The summed E-state index contributed by atoms with van der Waals surface area (Å²) in [5.41, 5.74) is 2.05. The first-order chi connectivity index (χ1) is 13.0. The van der Waals surface area contributed by atoms with Gasteiger partial charge in [0.25, 0.3) is 5.91 Å². The van der Waals surface area contributed by atoms with Crippen molar-refractivity contribution in [3.63, 3.8) is 0 Å². The molecule has 0 bridgehead atoms. The van der Waals surface area contributed by atoms with E-state index in [-0.39, 0.29) is 5.91 Å². The fraction of sp³-hybridized carbons (Fsp3) is 0.350. The fourth-order valence-corrected chi connectivity index (χ4v) is 3.36. The standard InChI is InChI=1S/C20H24ClN3O3/c1-23-9-11-24(12-10-23)17-8-7-14(21)13-16(17)22-20(25)15-5-4-6-18(26-2)19(15)27-3/h4-8,13H,9-12H2,1-3H3,(H,22,25). The van der Waals surface area contributed by atoms with Crippen molar-refractivity contribution in [3.05, 3.63) is 47.0 Å². The average molecular weight is 390 g/mol. The van der Waals surface area contributed by atoms with Crippen LogP contribution in [0.3, 0.4) is 0 Å².